The van der Waals surface area contributed by atoms with Gasteiger partial charge in [-0.25, -0.2) is 0 Å². The largest absolute Gasteiger partial charge is 0.345 e. The van der Waals surface area contributed by atoms with Gasteiger partial charge in [0.15, 0.2) is 0 Å². The van der Waals surface area contributed by atoms with E-state index in [2.05, 4.69) is 51.9 Å². The smallest absolute Gasteiger partial charge is 0.245 e. The summed E-state index contributed by atoms with van der Waals surface area (Å²) in [4.78, 5) is 58.3. The highest BCUT2D eigenvalue weighted by Gasteiger charge is 2.51. The monoisotopic (exact) mass is 597 g/mol. The van der Waals surface area contributed by atoms with E-state index in [0.29, 0.717) is 32.5 Å². The van der Waals surface area contributed by atoms with Crippen molar-refractivity contribution in [2.24, 2.45) is 5.41 Å². The van der Waals surface area contributed by atoms with E-state index in [1.165, 1.54) is 0 Å². The number of hydrogen-bond acceptors (Lipinski definition) is 6. The number of hydrogen-bond donors (Lipinski definition) is 2. The predicted molar refractivity (Wildman–Crippen MR) is 171 cm³/mol. The molecular weight excluding hydrogens is 554 g/mol. The number of nitrogens with one attached hydrogen (secondary N) is 2. The van der Waals surface area contributed by atoms with Crippen molar-refractivity contribution in [1.29, 1.82) is 0 Å². The Hall–Kier alpha value is -4.08. The van der Waals surface area contributed by atoms with Crippen LogP contribution in [-0.4, -0.2) is 96.2 Å². The molecule has 44 heavy (non-hydrogen) atoms. The molecule has 0 unspecified atom stereocenters. The van der Waals surface area contributed by atoms with Crippen molar-refractivity contribution in [1.82, 2.24) is 25.3 Å². The molecule has 0 aliphatic carbocycles. The summed E-state index contributed by atoms with van der Waals surface area (Å²) < 4.78 is 0. The SMILES string of the molecule is CN[C@@H](C)C(=O)N[C@H](C=O)C(C)(C)CN1CC(=O)N2[C@@H]1CN(CCc1ccccc1)C(=O)[C@@H]2Cc1ccc2ccccc2c1. The number of amides is 3. The van der Waals surface area contributed by atoms with Gasteiger partial charge in [0.25, 0.3) is 0 Å². The maximum atomic E-state index is 14.1. The number of benzene rings is 3. The molecule has 0 radical (unpaired) electrons. The highest BCUT2D eigenvalue weighted by molar-refractivity contribution is 5.92. The van der Waals surface area contributed by atoms with Crippen molar-refractivity contribution < 1.29 is 19.2 Å². The Morgan fingerprint density at radius 2 is 1.70 bits per heavy atom. The molecule has 9 nitrogen and oxygen atoms in total. The lowest BCUT2D eigenvalue weighted by molar-refractivity contribution is -0.153. The summed E-state index contributed by atoms with van der Waals surface area (Å²) in [6.45, 7) is 7.06. The zero-order chi connectivity index (χ0) is 31.4. The third-order valence-electron chi connectivity index (χ3n) is 9.15. The zero-order valence-electron chi connectivity index (χ0n) is 26.0. The Kier molecular flexibility index (Phi) is 9.46. The second-order valence-electron chi connectivity index (χ2n) is 12.7. The summed E-state index contributed by atoms with van der Waals surface area (Å²) in [5, 5.41) is 7.99. The van der Waals surface area contributed by atoms with Crippen LogP contribution in [0.1, 0.15) is 31.9 Å². The topological polar surface area (TPSA) is 102 Å². The number of rotatable bonds is 12. The van der Waals surface area contributed by atoms with Crippen LogP contribution in [-0.2, 0) is 32.0 Å². The van der Waals surface area contributed by atoms with Crippen LogP contribution in [0.15, 0.2) is 72.8 Å². The molecule has 2 aliphatic rings. The van der Waals surface area contributed by atoms with E-state index in [9.17, 15) is 19.2 Å². The third kappa shape index (κ3) is 6.69. The van der Waals surface area contributed by atoms with E-state index < -0.39 is 23.5 Å². The fraction of sp³-hybridized carbons (Fsp3) is 0.429. The predicted octanol–water partition coefficient (Wildman–Crippen LogP) is 2.62. The summed E-state index contributed by atoms with van der Waals surface area (Å²) in [5.41, 5.74) is 1.47. The maximum absolute atomic E-state index is 14.1. The highest BCUT2D eigenvalue weighted by Crippen LogP contribution is 2.32. The first-order chi connectivity index (χ1) is 21.1. The van der Waals surface area contributed by atoms with Gasteiger partial charge >= 0.3 is 0 Å². The lowest BCUT2D eigenvalue weighted by Gasteiger charge is -2.46. The third-order valence-corrected chi connectivity index (χ3v) is 9.15. The average molecular weight is 598 g/mol. The molecule has 2 aliphatic heterocycles. The second-order valence-corrected chi connectivity index (χ2v) is 12.7. The highest BCUT2D eigenvalue weighted by atomic mass is 16.2. The van der Waals surface area contributed by atoms with Gasteiger partial charge < -0.3 is 25.2 Å². The number of fused-ring (bicyclic) bond motifs is 2. The molecule has 0 bridgehead atoms. The number of nitrogens with zero attached hydrogens (tertiary/aromatic N) is 3. The quantitative estimate of drug-likeness (QED) is 0.312. The van der Waals surface area contributed by atoms with E-state index in [4.69, 9.17) is 0 Å². The number of likely N-dealkylation sites (N-methyl/N-ethyl adjacent to an activating group) is 1. The maximum Gasteiger partial charge on any atom is 0.245 e. The van der Waals surface area contributed by atoms with E-state index >= 15 is 0 Å². The van der Waals surface area contributed by atoms with E-state index in [0.717, 1.165) is 28.2 Å². The van der Waals surface area contributed by atoms with Crippen molar-refractivity contribution in [2.75, 3.05) is 33.2 Å². The number of carbonyl (C=O) groups excluding carboxylic acids is 4. The minimum absolute atomic E-state index is 0.0427. The molecule has 4 atom stereocenters. The van der Waals surface area contributed by atoms with E-state index in [-0.39, 0.29) is 30.4 Å². The first kappa shape index (κ1) is 31.3. The van der Waals surface area contributed by atoms with Crippen LogP contribution in [0.4, 0.5) is 0 Å². The minimum Gasteiger partial charge on any atom is -0.345 e. The van der Waals surface area contributed by atoms with Crippen molar-refractivity contribution >= 4 is 34.8 Å². The molecule has 3 aromatic carbocycles. The Bertz CT molecular complexity index is 1510. The molecule has 0 spiro atoms. The van der Waals surface area contributed by atoms with Crippen LogP contribution in [0.25, 0.3) is 10.8 Å². The molecule has 3 amide bonds. The number of aldehydes is 1. The van der Waals surface area contributed by atoms with Crippen molar-refractivity contribution in [3.05, 3.63) is 83.9 Å². The second kappa shape index (κ2) is 13.3. The molecule has 9 heteroatoms. The van der Waals surface area contributed by atoms with Gasteiger partial charge in [-0.15, -0.1) is 0 Å². The standard InChI is InChI=1S/C35H43N5O4/c1-24(36-4)33(43)37-30(22-41)35(2,3)23-39-21-32(42)40-29(19-26-14-15-27-12-8-9-13-28(27)18-26)34(44)38(20-31(39)40)17-16-25-10-6-5-7-11-25/h5-15,18,22,24,29-31,36H,16-17,19-21,23H2,1-4H3,(H,37,43)/t24-,29-,30+,31+/m0/s1. The van der Waals surface area contributed by atoms with Gasteiger partial charge in [0.2, 0.25) is 17.7 Å². The molecule has 2 heterocycles. The van der Waals surface area contributed by atoms with Crippen LogP contribution >= 0.6 is 0 Å². The Morgan fingerprint density at radius 3 is 2.41 bits per heavy atom. The molecule has 2 N–H and O–H groups in total. The summed E-state index contributed by atoms with van der Waals surface area (Å²) in [5.74, 6) is -0.398. The van der Waals surface area contributed by atoms with Crippen LogP contribution in [0.5, 0.6) is 0 Å². The van der Waals surface area contributed by atoms with Crippen LogP contribution in [0, 0.1) is 5.41 Å². The summed E-state index contributed by atoms with van der Waals surface area (Å²) in [6, 6.07) is 22.6. The van der Waals surface area contributed by atoms with Crippen LogP contribution in [0.2, 0.25) is 0 Å². The molecule has 3 aromatic rings. The van der Waals surface area contributed by atoms with E-state index in [1.54, 1.807) is 18.9 Å². The van der Waals surface area contributed by atoms with Crippen LogP contribution in [0.3, 0.4) is 0 Å². The first-order valence-electron chi connectivity index (χ1n) is 15.4. The van der Waals surface area contributed by atoms with Gasteiger partial charge in [0.05, 0.1) is 25.2 Å². The lowest BCUT2D eigenvalue weighted by Crippen LogP contribution is -2.65. The first-order valence-corrected chi connectivity index (χ1v) is 15.4. The lowest BCUT2D eigenvalue weighted by atomic mass is 9.84. The number of piperazine rings is 1. The molecule has 0 saturated carbocycles. The van der Waals surface area contributed by atoms with E-state index in [1.807, 2.05) is 55.1 Å². The van der Waals surface area contributed by atoms with Gasteiger partial charge in [0.1, 0.15) is 18.5 Å². The summed E-state index contributed by atoms with van der Waals surface area (Å²) >= 11 is 0. The molecular formula is C35H43N5O4. The fourth-order valence-electron chi connectivity index (χ4n) is 6.40. The van der Waals surface area contributed by atoms with Gasteiger partial charge in [-0.3, -0.25) is 19.3 Å². The van der Waals surface area contributed by atoms with Crippen molar-refractivity contribution in [2.45, 2.75) is 57.9 Å². The summed E-state index contributed by atoms with van der Waals surface area (Å²) in [6.07, 6.45) is 1.57. The van der Waals surface area contributed by atoms with Gasteiger partial charge in [-0.05, 0) is 42.3 Å². The van der Waals surface area contributed by atoms with Crippen molar-refractivity contribution in [3.8, 4) is 0 Å². The number of carbonyl (C=O) groups is 4. The summed E-state index contributed by atoms with van der Waals surface area (Å²) in [7, 11) is 1.69. The molecule has 5 rings (SSSR count). The Balaban J connectivity index is 1.41. The minimum atomic E-state index is -0.747. The fourth-order valence-corrected chi connectivity index (χ4v) is 6.40. The molecule has 0 aromatic heterocycles. The van der Waals surface area contributed by atoms with Gasteiger partial charge in [-0.1, -0.05) is 86.6 Å². The molecule has 2 fully saturated rings. The Labute approximate surface area is 259 Å². The van der Waals surface area contributed by atoms with Crippen LogP contribution < -0.4 is 10.6 Å². The van der Waals surface area contributed by atoms with Crippen molar-refractivity contribution in [3.63, 3.8) is 0 Å². The molecule has 2 saturated heterocycles. The average Bonchev–Trinajstić information content (AvgIpc) is 3.33. The van der Waals surface area contributed by atoms with Gasteiger partial charge in [0, 0.05) is 24.9 Å². The Morgan fingerprint density at radius 1 is 1.00 bits per heavy atom. The normalized spacial score (nSPS) is 20.5. The zero-order valence-corrected chi connectivity index (χ0v) is 26.0. The molecule has 232 valence electrons. The van der Waals surface area contributed by atoms with Gasteiger partial charge in [-0.2, -0.15) is 0 Å².